The number of imidazole rings is 1. The SMILES string of the molecule is Cc1c(Cl)cccc1-n1c(CCl)nc2cc(I)c(F)cc21. The van der Waals surface area contributed by atoms with Crippen LogP contribution in [-0.2, 0) is 5.88 Å². The van der Waals surface area contributed by atoms with Crippen molar-refractivity contribution in [1.82, 2.24) is 9.55 Å². The molecular formula is C15H10Cl2FIN2. The highest BCUT2D eigenvalue weighted by Crippen LogP contribution is 2.29. The van der Waals surface area contributed by atoms with E-state index in [0.29, 0.717) is 19.9 Å². The zero-order valence-corrected chi connectivity index (χ0v) is 14.7. The van der Waals surface area contributed by atoms with Crippen LogP contribution in [0.2, 0.25) is 5.02 Å². The molecule has 0 saturated carbocycles. The minimum atomic E-state index is -0.273. The van der Waals surface area contributed by atoms with Crippen molar-refractivity contribution in [1.29, 1.82) is 0 Å². The lowest BCUT2D eigenvalue weighted by molar-refractivity contribution is 0.621. The average Bonchev–Trinajstić information content (AvgIpc) is 2.80. The molecule has 2 nitrogen and oxygen atoms in total. The minimum Gasteiger partial charge on any atom is -0.295 e. The molecule has 3 aromatic rings. The quantitative estimate of drug-likeness (QED) is 0.386. The van der Waals surface area contributed by atoms with Gasteiger partial charge in [0.2, 0.25) is 0 Å². The van der Waals surface area contributed by atoms with Gasteiger partial charge in [-0.25, -0.2) is 9.37 Å². The summed E-state index contributed by atoms with van der Waals surface area (Å²) in [5.41, 5.74) is 3.18. The van der Waals surface area contributed by atoms with E-state index in [0.717, 1.165) is 16.8 Å². The van der Waals surface area contributed by atoms with Gasteiger partial charge in [0.25, 0.3) is 0 Å². The molecule has 0 unspecified atom stereocenters. The largest absolute Gasteiger partial charge is 0.295 e. The molecule has 3 rings (SSSR count). The Hall–Kier alpha value is -0.850. The van der Waals surface area contributed by atoms with Crippen molar-refractivity contribution in [2.75, 3.05) is 0 Å². The van der Waals surface area contributed by atoms with E-state index in [4.69, 9.17) is 23.2 Å². The Morgan fingerprint density at radius 1 is 1.33 bits per heavy atom. The van der Waals surface area contributed by atoms with E-state index in [1.54, 1.807) is 6.07 Å². The van der Waals surface area contributed by atoms with Crippen LogP contribution < -0.4 is 0 Å². The first kappa shape index (κ1) is 15.1. The molecule has 0 amide bonds. The third-order valence-corrected chi connectivity index (χ3v) is 4.84. The van der Waals surface area contributed by atoms with Crippen LogP contribution in [0.3, 0.4) is 0 Å². The van der Waals surface area contributed by atoms with Crippen LogP contribution in [0.1, 0.15) is 11.4 Å². The number of halogens is 4. The minimum absolute atomic E-state index is 0.235. The fraction of sp³-hybridized carbons (Fsp3) is 0.133. The van der Waals surface area contributed by atoms with Gasteiger partial charge in [0.05, 0.1) is 26.2 Å². The Morgan fingerprint density at radius 3 is 2.81 bits per heavy atom. The third kappa shape index (κ3) is 2.53. The first-order chi connectivity index (χ1) is 10.0. The Labute approximate surface area is 145 Å². The molecule has 0 saturated heterocycles. The predicted octanol–water partition coefficient (Wildman–Crippen LogP) is 5.47. The van der Waals surface area contributed by atoms with Crippen molar-refractivity contribution < 1.29 is 4.39 Å². The second-order valence-corrected chi connectivity index (χ2v) is 6.47. The highest BCUT2D eigenvalue weighted by atomic mass is 127. The topological polar surface area (TPSA) is 17.8 Å². The van der Waals surface area contributed by atoms with E-state index in [1.807, 2.05) is 52.3 Å². The van der Waals surface area contributed by atoms with Crippen molar-refractivity contribution >= 4 is 56.8 Å². The monoisotopic (exact) mass is 434 g/mol. The second-order valence-electron chi connectivity index (χ2n) is 4.64. The molecule has 108 valence electrons. The van der Waals surface area contributed by atoms with Gasteiger partial charge in [-0.1, -0.05) is 17.7 Å². The van der Waals surface area contributed by atoms with Crippen molar-refractivity contribution in [2.45, 2.75) is 12.8 Å². The van der Waals surface area contributed by atoms with Gasteiger partial charge in [0, 0.05) is 11.1 Å². The molecule has 0 fully saturated rings. The number of nitrogens with zero attached hydrogens (tertiary/aromatic N) is 2. The Morgan fingerprint density at radius 2 is 2.10 bits per heavy atom. The van der Waals surface area contributed by atoms with Crippen LogP contribution in [0.5, 0.6) is 0 Å². The zero-order chi connectivity index (χ0) is 15.1. The van der Waals surface area contributed by atoms with Crippen LogP contribution in [0.15, 0.2) is 30.3 Å². The molecule has 0 aliphatic heterocycles. The Balaban J connectivity index is 2.40. The lowest BCUT2D eigenvalue weighted by Gasteiger charge is -2.12. The maximum Gasteiger partial charge on any atom is 0.138 e. The molecule has 0 N–H and O–H groups in total. The maximum atomic E-state index is 13.9. The average molecular weight is 435 g/mol. The van der Waals surface area contributed by atoms with E-state index in [9.17, 15) is 4.39 Å². The van der Waals surface area contributed by atoms with Crippen molar-refractivity contribution in [2.24, 2.45) is 0 Å². The molecule has 2 aromatic carbocycles. The summed E-state index contributed by atoms with van der Waals surface area (Å²) in [4.78, 5) is 4.50. The Kier molecular flexibility index (Phi) is 4.12. The molecule has 0 spiro atoms. The molecule has 0 bridgehead atoms. The Bertz CT molecular complexity index is 845. The van der Waals surface area contributed by atoms with E-state index >= 15 is 0 Å². The summed E-state index contributed by atoms with van der Waals surface area (Å²) >= 11 is 14.2. The van der Waals surface area contributed by atoms with Crippen molar-refractivity contribution in [3.63, 3.8) is 0 Å². The summed E-state index contributed by atoms with van der Waals surface area (Å²) in [6.45, 7) is 1.92. The van der Waals surface area contributed by atoms with Crippen LogP contribution >= 0.6 is 45.8 Å². The highest BCUT2D eigenvalue weighted by Gasteiger charge is 2.16. The summed E-state index contributed by atoms with van der Waals surface area (Å²) < 4.78 is 16.3. The summed E-state index contributed by atoms with van der Waals surface area (Å²) in [7, 11) is 0. The molecule has 1 heterocycles. The summed E-state index contributed by atoms with van der Waals surface area (Å²) in [6, 6.07) is 8.81. The van der Waals surface area contributed by atoms with Gasteiger partial charge in [-0.05, 0) is 53.3 Å². The lowest BCUT2D eigenvalue weighted by Crippen LogP contribution is -2.02. The summed E-state index contributed by atoms with van der Waals surface area (Å²) in [5.74, 6) is 0.627. The number of hydrogen-bond donors (Lipinski definition) is 0. The number of fused-ring (bicyclic) bond motifs is 1. The molecule has 21 heavy (non-hydrogen) atoms. The van der Waals surface area contributed by atoms with Crippen LogP contribution in [0, 0.1) is 16.3 Å². The molecular weight excluding hydrogens is 425 g/mol. The van der Waals surface area contributed by atoms with Gasteiger partial charge < -0.3 is 0 Å². The molecule has 0 aliphatic rings. The molecule has 0 aliphatic carbocycles. The molecule has 1 aromatic heterocycles. The summed E-state index contributed by atoms with van der Waals surface area (Å²) in [5, 5.41) is 0.654. The predicted molar refractivity (Wildman–Crippen MR) is 93.0 cm³/mol. The third-order valence-electron chi connectivity index (χ3n) is 3.37. The number of alkyl halides is 1. The highest BCUT2D eigenvalue weighted by molar-refractivity contribution is 14.1. The first-order valence-corrected chi connectivity index (χ1v) is 8.20. The molecule has 0 radical (unpaired) electrons. The number of benzene rings is 2. The van der Waals surface area contributed by atoms with E-state index in [1.165, 1.54) is 6.07 Å². The van der Waals surface area contributed by atoms with Gasteiger partial charge in [0.15, 0.2) is 0 Å². The smallest absolute Gasteiger partial charge is 0.138 e. The fourth-order valence-corrected chi connectivity index (χ4v) is 3.12. The van der Waals surface area contributed by atoms with Gasteiger partial charge in [-0.3, -0.25) is 4.57 Å². The first-order valence-electron chi connectivity index (χ1n) is 6.20. The van der Waals surface area contributed by atoms with Crippen molar-refractivity contribution in [3.8, 4) is 5.69 Å². The van der Waals surface area contributed by atoms with E-state index in [2.05, 4.69) is 4.98 Å². The van der Waals surface area contributed by atoms with E-state index < -0.39 is 0 Å². The maximum absolute atomic E-state index is 13.9. The van der Waals surface area contributed by atoms with Gasteiger partial charge in [-0.2, -0.15) is 0 Å². The zero-order valence-electron chi connectivity index (χ0n) is 11.0. The lowest BCUT2D eigenvalue weighted by atomic mass is 10.2. The van der Waals surface area contributed by atoms with Gasteiger partial charge >= 0.3 is 0 Å². The van der Waals surface area contributed by atoms with Gasteiger partial charge in [0.1, 0.15) is 11.6 Å². The number of hydrogen-bond acceptors (Lipinski definition) is 1. The fourth-order valence-electron chi connectivity index (χ4n) is 2.32. The normalized spacial score (nSPS) is 11.3. The molecule has 6 heteroatoms. The van der Waals surface area contributed by atoms with Gasteiger partial charge in [-0.15, -0.1) is 11.6 Å². The molecule has 0 atom stereocenters. The van der Waals surface area contributed by atoms with Crippen LogP contribution in [-0.4, -0.2) is 9.55 Å². The van der Waals surface area contributed by atoms with E-state index in [-0.39, 0.29) is 11.7 Å². The van der Waals surface area contributed by atoms with Crippen LogP contribution in [0.25, 0.3) is 16.7 Å². The van der Waals surface area contributed by atoms with Crippen molar-refractivity contribution in [3.05, 3.63) is 56.1 Å². The second kappa shape index (κ2) is 5.74. The van der Waals surface area contributed by atoms with Crippen LogP contribution in [0.4, 0.5) is 4.39 Å². The number of aromatic nitrogens is 2. The number of rotatable bonds is 2. The summed E-state index contributed by atoms with van der Waals surface area (Å²) in [6.07, 6.45) is 0. The standard InChI is InChI=1S/C15H10Cl2FIN2/c1-8-9(17)3-2-4-13(8)21-14-5-10(18)11(19)6-12(14)20-15(21)7-16/h2-6H,7H2,1H3.